The molecule has 1 aromatic rings. The first kappa shape index (κ1) is 10.5. The van der Waals surface area contributed by atoms with Crippen LogP contribution in [0.1, 0.15) is 5.56 Å². The molecule has 0 heterocycles. The average molecular weight is 197 g/mol. The van der Waals surface area contributed by atoms with Gasteiger partial charge in [0.25, 0.3) is 5.91 Å². The Balaban J connectivity index is 2.68. The van der Waals surface area contributed by atoms with Gasteiger partial charge in [0.15, 0.2) is 0 Å². The predicted molar refractivity (Wildman–Crippen MR) is 52.0 cm³/mol. The van der Waals surface area contributed by atoms with Gasteiger partial charge in [-0.1, -0.05) is 6.07 Å². The van der Waals surface area contributed by atoms with E-state index in [1.54, 1.807) is 19.1 Å². The molecule has 0 saturated carbocycles. The monoisotopic (exact) mass is 197 g/mol. The van der Waals surface area contributed by atoms with Crippen molar-refractivity contribution in [3.8, 4) is 0 Å². The lowest BCUT2D eigenvalue weighted by Crippen LogP contribution is -2.35. The lowest BCUT2D eigenvalue weighted by Gasteiger charge is -2.08. The summed E-state index contributed by atoms with van der Waals surface area (Å²) in [7, 11) is 0. The Morgan fingerprint density at radius 2 is 2.29 bits per heavy atom. The molecular weight excluding hydrogens is 185 g/mol. The zero-order valence-electron chi connectivity index (χ0n) is 7.80. The molecule has 0 spiro atoms. The Hall–Kier alpha value is -1.62. The fraction of sp³-hybridized carbons (Fsp3) is 0.222. The normalized spacial score (nSPS) is 9.64. The second-order valence-corrected chi connectivity index (χ2v) is 2.83. The van der Waals surface area contributed by atoms with Gasteiger partial charge < -0.3 is 5.32 Å². The van der Waals surface area contributed by atoms with Crippen LogP contribution in [0.15, 0.2) is 18.2 Å². The Bertz CT molecular complexity index is 341. The molecule has 0 fully saturated rings. The van der Waals surface area contributed by atoms with Crippen LogP contribution in [0.3, 0.4) is 0 Å². The number of hydrogen-bond donors (Lipinski definition) is 3. The van der Waals surface area contributed by atoms with E-state index >= 15 is 0 Å². The smallest absolute Gasteiger partial charge is 0.253 e. The van der Waals surface area contributed by atoms with Crippen LogP contribution in [0.4, 0.5) is 10.1 Å². The summed E-state index contributed by atoms with van der Waals surface area (Å²) in [5.41, 5.74) is 3.05. The number of nitrogens with two attached hydrogens (primary N) is 1. The van der Waals surface area contributed by atoms with Crippen LogP contribution in [-0.4, -0.2) is 12.5 Å². The molecule has 0 unspecified atom stereocenters. The third-order valence-electron chi connectivity index (χ3n) is 1.87. The highest BCUT2D eigenvalue weighted by Crippen LogP contribution is 2.16. The minimum atomic E-state index is -0.353. The van der Waals surface area contributed by atoms with Crippen LogP contribution < -0.4 is 16.6 Å². The fourth-order valence-corrected chi connectivity index (χ4v) is 1.03. The van der Waals surface area contributed by atoms with Crippen molar-refractivity contribution in [2.24, 2.45) is 5.84 Å². The lowest BCUT2D eigenvalue weighted by molar-refractivity contribution is -0.119. The molecule has 76 valence electrons. The zero-order chi connectivity index (χ0) is 10.6. The number of hydrogen-bond acceptors (Lipinski definition) is 3. The predicted octanol–water partition coefficient (Wildman–Crippen LogP) is 0.536. The second-order valence-electron chi connectivity index (χ2n) is 2.83. The highest BCUT2D eigenvalue weighted by molar-refractivity contribution is 5.80. The molecule has 0 aromatic heterocycles. The van der Waals surface area contributed by atoms with Gasteiger partial charge in [-0.15, -0.1) is 0 Å². The molecular formula is C9H12FN3O. The van der Waals surface area contributed by atoms with Crippen LogP contribution in [0, 0.1) is 12.7 Å². The average Bonchev–Trinajstić information content (AvgIpc) is 2.20. The molecule has 0 atom stereocenters. The van der Waals surface area contributed by atoms with Crippen LogP contribution >= 0.6 is 0 Å². The van der Waals surface area contributed by atoms with E-state index < -0.39 is 0 Å². The molecule has 1 amide bonds. The number of nitrogens with one attached hydrogen (secondary N) is 2. The van der Waals surface area contributed by atoms with Gasteiger partial charge in [-0.05, 0) is 19.1 Å². The molecule has 1 aromatic carbocycles. The van der Waals surface area contributed by atoms with Crippen molar-refractivity contribution in [3.63, 3.8) is 0 Å². The number of hydrazine groups is 1. The van der Waals surface area contributed by atoms with Crippen LogP contribution in [0.25, 0.3) is 0 Å². The summed E-state index contributed by atoms with van der Waals surface area (Å²) >= 11 is 0. The van der Waals surface area contributed by atoms with Crippen LogP contribution in [0.2, 0.25) is 0 Å². The molecule has 0 aliphatic heterocycles. The van der Waals surface area contributed by atoms with Gasteiger partial charge >= 0.3 is 0 Å². The van der Waals surface area contributed by atoms with E-state index in [4.69, 9.17) is 5.84 Å². The molecule has 1 rings (SSSR count). The van der Waals surface area contributed by atoms with E-state index in [2.05, 4.69) is 5.32 Å². The third kappa shape index (κ3) is 2.43. The first-order chi connectivity index (χ1) is 6.65. The summed E-state index contributed by atoms with van der Waals surface area (Å²) in [6, 6.07) is 4.64. The largest absolute Gasteiger partial charge is 0.376 e. The van der Waals surface area contributed by atoms with Crippen molar-refractivity contribution in [2.45, 2.75) is 6.92 Å². The molecule has 5 heteroatoms. The minimum Gasteiger partial charge on any atom is -0.376 e. The second kappa shape index (κ2) is 4.57. The van der Waals surface area contributed by atoms with E-state index in [0.717, 1.165) is 0 Å². The number of amides is 1. The highest BCUT2D eigenvalue weighted by Gasteiger charge is 2.03. The first-order valence-corrected chi connectivity index (χ1v) is 4.13. The summed E-state index contributed by atoms with van der Waals surface area (Å²) < 4.78 is 13.0. The maximum absolute atomic E-state index is 13.0. The van der Waals surface area contributed by atoms with Gasteiger partial charge in [0.2, 0.25) is 0 Å². The number of anilines is 1. The molecule has 4 N–H and O–H groups in total. The standard InChI is InChI=1S/C9H12FN3O/c1-6-7(10)3-2-4-8(6)12-5-9(14)13-11/h2-4,12H,5,11H2,1H3,(H,13,14). The van der Waals surface area contributed by atoms with Crippen molar-refractivity contribution in [1.29, 1.82) is 0 Å². The van der Waals surface area contributed by atoms with Crippen molar-refractivity contribution in [3.05, 3.63) is 29.6 Å². The Morgan fingerprint density at radius 3 is 2.93 bits per heavy atom. The summed E-state index contributed by atoms with van der Waals surface area (Å²) in [5.74, 6) is 4.23. The van der Waals surface area contributed by atoms with Gasteiger partial charge in [-0.25, -0.2) is 10.2 Å². The Morgan fingerprint density at radius 1 is 1.57 bits per heavy atom. The van der Waals surface area contributed by atoms with Gasteiger partial charge in [0, 0.05) is 11.3 Å². The van der Waals surface area contributed by atoms with Crippen LogP contribution in [0.5, 0.6) is 0 Å². The van der Waals surface area contributed by atoms with Crippen molar-refractivity contribution >= 4 is 11.6 Å². The number of rotatable bonds is 3. The molecule has 4 nitrogen and oxygen atoms in total. The fourth-order valence-electron chi connectivity index (χ4n) is 1.03. The first-order valence-electron chi connectivity index (χ1n) is 4.13. The van der Waals surface area contributed by atoms with Crippen molar-refractivity contribution < 1.29 is 9.18 Å². The number of benzene rings is 1. The Kier molecular flexibility index (Phi) is 3.41. The van der Waals surface area contributed by atoms with Gasteiger partial charge in [0.05, 0.1) is 6.54 Å². The Labute approximate surface area is 81.3 Å². The molecule has 0 bridgehead atoms. The molecule has 0 radical (unpaired) electrons. The van der Waals surface area contributed by atoms with Gasteiger partial charge in [-0.2, -0.15) is 0 Å². The maximum atomic E-state index is 13.0. The maximum Gasteiger partial charge on any atom is 0.253 e. The SMILES string of the molecule is Cc1c(F)cccc1NCC(=O)NN. The van der Waals surface area contributed by atoms with E-state index in [-0.39, 0.29) is 18.3 Å². The van der Waals surface area contributed by atoms with Gasteiger partial charge in [0.1, 0.15) is 5.82 Å². The van der Waals surface area contributed by atoms with Gasteiger partial charge in [-0.3, -0.25) is 10.2 Å². The summed E-state index contributed by atoms with van der Waals surface area (Å²) in [5, 5.41) is 2.77. The number of carbonyl (C=O) groups excluding carboxylic acids is 1. The summed E-state index contributed by atoms with van der Waals surface area (Å²) in [6.07, 6.45) is 0. The third-order valence-corrected chi connectivity index (χ3v) is 1.87. The number of carbonyl (C=O) groups is 1. The topological polar surface area (TPSA) is 67.2 Å². The van der Waals surface area contributed by atoms with E-state index in [0.29, 0.717) is 11.3 Å². The van der Waals surface area contributed by atoms with Crippen LogP contribution in [-0.2, 0) is 4.79 Å². The quantitative estimate of drug-likeness (QED) is 0.376. The van der Waals surface area contributed by atoms with E-state index in [1.165, 1.54) is 6.07 Å². The minimum absolute atomic E-state index is 0.0286. The zero-order valence-corrected chi connectivity index (χ0v) is 7.80. The highest BCUT2D eigenvalue weighted by atomic mass is 19.1. The summed E-state index contributed by atoms with van der Waals surface area (Å²) in [4.78, 5) is 10.8. The van der Waals surface area contributed by atoms with E-state index in [9.17, 15) is 9.18 Å². The number of halogens is 1. The molecule has 0 aliphatic rings. The van der Waals surface area contributed by atoms with E-state index in [1.807, 2.05) is 5.43 Å². The lowest BCUT2D eigenvalue weighted by atomic mass is 10.2. The summed E-state index contributed by atoms with van der Waals surface area (Å²) in [6.45, 7) is 1.67. The van der Waals surface area contributed by atoms with Crippen molar-refractivity contribution in [1.82, 2.24) is 5.43 Å². The molecule has 14 heavy (non-hydrogen) atoms. The molecule has 0 saturated heterocycles. The van der Waals surface area contributed by atoms with Crippen molar-refractivity contribution in [2.75, 3.05) is 11.9 Å². The molecule has 0 aliphatic carbocycles.